The third kappa shape index (κ3) is 3.91. The lowest BCUT2D eigenvalue weighted by Gasteiger charge is -2.36. The summed E-state index contributed by atoms with van der Waals surface area (Å²) in [6.07, 6.45) is 7.33. The molecule has 5 nitrogen and oxygen atoms in total. The number of carboxylic acids is 1. The first-order valence-corrected chi connectivity index (χ1v) is 6.85. The summed E-state index contributed by atoms with van der Waals surface area (Å²) in [6, 6.07) is 1.85. The summed E-state index contributed by atoms with van der Waals surface area (Å²) in [5.41, 5.74) is 0.769. The first-order valence-electron chi connectivity index (χ1n) is 6.85. The number of aryl methyl sites for hydroxylation is 1. The van der Waals surface area contributed by atoms with Crippen LogP contribution in [0, 0.1) is 12.3 Å². The highest BCUT2D eigenvalue weighted by atomic mass is 16.4. The largest absolute Gasteiger partial charge is 0.481 e. The van der Waals surface area contributed by atoms with Gasteiger partial charge in [0.1, 0.15) is 0 Å². The predicted molar refractivity (Wildman–Crippen MR) is 73.0 cm³/mol. The van der Waals surface area contributed by atoms with Gasteiger partial charge in [0.05, 0.1) is 6.42 Å². The summed E-state index contributed by atoms with van der Waals surface area (Å²) < 4.78 is 0. The quantitative estimate of drug-likeness (QED) is 0.854. The van der Waals surface area contributed by atoms with Crippen molar-refractivity contribution in [1.82, 2.24) is 9.97 Å². The van der Waals surface area contributed by atoms with Crippen LogP contribution in [0.25, 0.3) is 0 Å². The van der Waals surface area contributed by atoms with Gasteiger partial charge in [-0.25, -0.2) is 9.97 Å². The Hall–Kier alpha value is -1.65. The van der Waals surface area contributed by atoms with E-state index in [1.54, 1.807) is 6.20 Å². The van der Waals surface area contributed by atoms with Crippen LogP contribution in [0.15, 0.2) is 12.3 Å². The molecule has 0 aromatic carbocycles. The van der Waals surface area contributed by atoms with E-state index >= 15 is 0 Å². The zero-order valence-corrected chi connectivity index (χ0v) is 11.4. The SMILES string of the molecule is Cc1ccnc(NCC2(CC(=O)O)CCCCC2)n1. The Morgan fingerprint density at radius 2 is 2.16 bits per heavy atom. The van der Waals surface area contributed by atoms with E-state index in [4.69, 9.17) is 5.11 Å². The Morgan fingerprint density at radius 3 is 2.79 bits per heavy atom. The summed E-state index contributed by atoms with van der Waals surface area (Å²) in [5, 5.41) is 12.3. The summed E-state index contributed by atoms with van der Waals surface area (Å²) in [7, 11) is 0. The maximum Gasteiger partial charge on any atom is 0.303 e. The van der Waals surface area contributed by atoms with Gasteiger partial charge < -0.3 is 10.4 Å². The normalized spacial score (nSPS) is 17.9. The first-order chi connectivity index (χ1) is 9.10. The molecular weight excluding hydrogens is 242 g/mol. The Bertz CT molecular complexity index is 442. The van der Waals surface area contributed by atoms with E-state index in [1.165, 1.54) is 6.42 Å². The van der Waals surface area contributed by atoms with Crippen LogP contribution in [0.2, 0.25) is 0 Å². The molecule has 0 unspecified atom stereocenters. The molecule has 1 aliphatic carbocycles. The first kappa shape index (κ1) is 13.8. The summed E-state index contributed by atoms with van der Waals surface area (Å²) in [6.45, 7) is 2.56. The van der Waals surface area contributed by atoms with Crippen molar-refractivity contribution in [3.63, 3.8) is 0 Å². The molecule has 0 radical (unpaired) electrons. The van der Waals surface area contributed by atoms with Crippen LogP contribution >= 0.6 is 0 Å². The van der Waals surface area contributed by atoms with Crippen LogP contribution in [-0.4, -0.2) is 27.6 Å². The fraction of sp³-hybridized carbons (Fsp3) is 0.643. The summed E-state index contributed by atoms with van der Waals surface area (Å²) in [4.78, 5) is 19.5. The molecule has 19 heavy (non-hydrogen) atoms. The van der Waals surface area contributed by atoms with E-state index < -0.39 is 5.97 Å². The lowest BCUT2D eigenvalue weighted by molar-refractivity contribution is -0.140. The number of hydrogen-bond acceptors (Lipinski definition) is 4. The molecule has 0 saturated heterocycles. The van der Waals surface area contributed by atoms with Gasteiger partial charge in [-0.15, -0.1) is 0 Å². The van der Waals surface area contributed by atoms with Gasteiger partial charge in [-0.2, -0.15) is 0 Å². The van der Waals surface area contributed by atoms with Crippen LogP contribution in [0.5, 0.6) is 0 Å². The molecule has 0 atom stereocenters. The molecule has 2 N–H and O–H groups in total. The fourth-order valence-corrected chi connectivity index (χ4v) is 2.84. The van der Waals surface area contributed by atoms with Crippen LogP contribution in [0.1, 0.15) is 44.2 Å². The number of carboxylic acid groups (broad SMARTS) is 1. The van der Waals surface area contributed by atoms with E-state index in [9.17, 15) is 4.79 Å². The van der Waals surface area contributed by atoms with Crippen molar-refractivity contribution in [3.05, 3.63) is 18.0 Å². The predicted octanol–water partition coefficient (Wildman–Crippen LogP) is 2.62. The monoisotopic (exact) mass is 263 g/mol. The third-order valence-electron chi connectivity index (χ3n) is 3.86. The topological polar surface area (TPSA) is 75.1 Å². The van der Waals surface area contributed by atoms with Gasteiger partial charge in [0.25, 0.3) is 0 Å². The van der Waals surface area contributed by atoms with Gasteiger partial charge >= 0.3 is 5.97 Å². The molecule has 1 aliphatic rings. The van der Waals surface area contributed by atoms with Crippen LogP contribution in [-0.2, 0) is 4.79 Å². The van der Waals surface area contributed by atoms with Crippen molar-refractivity contribution < 1.29 is 9.90 Å². The molecule has 2 rings (SSSR count). The molecular formula is C14H21N3O2. The number of hydrogen-bond donors (Lipinski definition) is 2. The zero-order valence-electron chi connectivity index (χ0n) is 11.4. The fourth-order valence-electron chi connectivity index (χ4n) is 2.84. The van der Waals surface area contributed by atoms with Crippen LogP contribution < -0.4 is 5.32 Å². The Balaban J connectivity index is 2.01. The van der Waals surface area contributed by atoms with Gasteiger partial charge in [-0.3, -0.25) is 4.79 Å². The second kappa shape index (κ2) is 5.99. The second-order valence-corrected chi connectivity index (χ2v) is 5.51. The van der Waals surface area contributed by atoms with Crippen LogP contribution in [0.4, 0.5) is 5.95 Å². The molecule has 1 fully saturated rings. The minimum atomic E-state index is -0.714. The minimum Gasteiger partial charge on any atom is -0.481 e. The highest BCUT2D eigenvalue weighted by Gasteiger charge is 2.34. The molecule has 0 amide bonds. The van der Waals surface area contributed by atoms with Gasteiger partial charge in [-0.05, 0) is 31.2 Å². The Labute approximate surface area is 113 Å². The average molecular weight is 263 g/mol. The van der Waals surface area contributed by atoms with Crippen molar-refractivity contribution >= 4 is 11.9 Å². The lowest BCUT2D eigenvalue weighted by Crippen LogP contribution is -2.34. The highest BCUT2D eigenvalue weighted by Crippen LogP contribution is 2.39. The summed E-state index contributed by atoms with van der Waals surface area (Å²) >= 11 is 0. The van der Waals surface area contributed by atoms with Crippen molar-refractivity contribution in [2.45, 2.75) is 45.4 Å². The molecule has 1 saturated carbocycles. The second-order valence-electron chi connectivity index (χ2n) is 5.51. The number of aliphatic carboxylic acids is 1. The maximum atomic E-state index is 11.1. The molecule has 1 aromatic heterocycles. The van der Waals surface area contributed by atoms with Crippen molar-refractivity contribution in [3.8, 4) is 0 Å². The number of rotatable bonds is 5. The lowest BCUT2D eigenvalue weighted by atomic mass is 9.72. The number of nitrogens with one attached hydrogen (secondary N) is 1. The van der Waals surface area contributed by atoms with E-state index in [0.29, 0.717) is 12.5 Å². The molecule has 5 heteroatoms. The average Bonchev–Trinajstić information content (AvgIpc) is 2.37. The third-order valence-corrected chi connectivity index (χ3v) is 3.86. The molecule has 104 valence electrons. The highest BCUT2D eigenvalue weighted by molar-refractivity contribution is 5.67. The Morgan fingerprint density at radius 1 is 1.42 bits per heavy atom. The maximum absolute atomic E-state index is 11.1. The number of nitrogens with zero attached hydrogens (tertiary/aromatic N) is 2. The molecule has 0 spiro atoms. The number of carbonyl (C=O) groups is 1. The van der Waals surface area contributed by atoms with Gasteiger partial charge in [0.15, 0.2) is 0 Å². The van der Waals surface area contributed by atoms with E-state index in [2.05, 4.69) is 15.3 Å². The molecule has 1 heterocycles. The van der Waals surface area contributed by atoms with Gasteiger partial charge in [0.2, 0.25) is 5.95 Å². The van der Waals surface area contributed by atoms with Crippen LogP contribution in [0.3, 0.4) is 0 Å². The molecule has 0 bridgehead atoms. The number of aromatic nitrogens is 2. The smallest absolute Gasteiger partial charge is 0.303 e. The van der Waals surface area contributed by atoms with Crippen molar-refractivity contribution in [1.29, 1.82) is 0 Å². The summed E-state index contributed by atoms with van der Waals surface area (Å²) in [5.74, 6) is -0.121. The molecule has 0 aliphatic heterocycles. The van der Waals surface area contributed by atoms with Gasteiger partial charge in [-0.1, -0.05) is 19.3 Å². The molecule has 1 aromatic rings. The van der Waals surface area contributed by atoms with Gasteiger partial charge in [0, 0.05) is 18.4 Å². The van der Waals surface area contributed by atoms with E-state index in [-0.39, 0.29) is 11.8 Å². The minimum absolute atomic E-state index is 0.142. The van der Waals surface area contributed by atoms with E-state index in [0.717, 1.165) is 31.4 Å². The van der Waals surface area contributed by atoms with Crippen molar-refractivity contribution in [2.75, 3.05) is 11.9 Å². The van der Waals surface area contributed by atoms with E-state index in [1.807, 2.05) is 13.0 Å². The zero-order chi connectivity index (χ0) is 13.7. The van der Waals surface area contributed by atoms with Crippen molar-refractivity contribution in [2.24, 2.45) is 5.41 Å². The number of anilines is 1. The standard InChI is InChI=1S/C14H21N3O2/c1-11-5-8-15-13(17-11)16-10-14(9-12(18)19)6-3-2-4-7-14/h5,8H,2-4,6-7,9-10H2,1H3,(H,18,19)(H,15,16,17). The Kier molecular flexibility index (Phi) is 4.35.